The van der Waals surface area contributed by atoms with E-state index in [0.29, 0.717) is 24.7 Å². The maximum absolute atomic E-state index is 6.04. The van der Waals surface area contributed by atoms with Crippen molar-refractivity contribution in [1.82, 2.24) is 20.3 Å². The molecule has 0 spiro atoms. The van der Waals surface area contributed by atoms with Crippen LogP contribution in [0.3, 0.4) is 0 Å². The third-order valence-electron chi connectivity index (χ3n) is 3.51. The zero-order chi connectivity index (χ0) is 17.6. The monoisotopic (exact) mass is 404 g/mol. The number of halogens is 1. The zero-order valence-corrected chi connectivity index (χ0v) is 15.1. The number of anilines is 1. The summed E-state index contributed by atoms with van der Waals surface area (Å²) >= 11 is 3.55. The standard InChI is InChI=1S/C16H17BrN6O2/c1-24-14-8-7-13(17)12(9-19-23-16(18)20-21-22-23)15(14)25-10-11-5-3-2-4-6-11/h2-8,19H,9-10H2,1H3,(H2,18,20,22). The SMILES string of the molecule is COc1ccc(Br)c(CNn2nnnc2N)c1OCc1ccccc1. The van der Waals surface area contributed by atoms with Crippen LogP contribution in [0.25, 0.3) is 0 Å². The average Bonchev–Trinajstić information content (AvgIpc) is 3.05. The molecule has 0 radical (unpaired) electrons. The van der Waals surface area contributed by atoms with E-state index in [0.717, 1.165) is 15.6 Å². The highest BCUT2D eigenvalue weighted by molar-refractivity contribution is 9.10. The predicted molar refractivity (Wildman–Crippen MR) is 96.8 cm³/mol. The Morgan fingerprint density at radius 1 is 1.20 bits per heavy atom. The van der Waals surface area contributed by atoms with Gasteiger partial charge in [0.25, 0.3) is 5.95 Å². The first-order chi connectivity index (χ1) is 12.2. The summed E-state index contributed by atoms with van der Waals surface area (Å²) in [6, 6.07) is 13.7. The van der Waals surface area contributed by atoms with Crippen LogP contribution >= 0.6 is 15.9 Å². The van der Waals surface area contributed by atoms with E-state index in [1.807, 2.05) is 42.5 Å². The van der Waals surface area contributed by atoms with Crippen molar-refractivity contribution in [2.24, 2.45) is 0 Å². The quantitative estimate of drug-likeness (QED) is 0.623. The second kappa shape index (κ2) is 7.84. The molecule has 0 aliphatic rings. The van der Waals surface area contributed by atoms with Crippen molar-refractivity contribution in [3.63, 3.8) is 0 Å². The molecule has 3 N–H and O–H groups in total. The fourth-order valence-electron chi connectivity index (χ4n) is 2.26. The lowest BCUT2D eigenvalue weighted by atomic mass is 10.2. The van der Waals surface area contributed by atoms with Crippen LogP contribution < -0.4 is 20.6 Å². The Kier molecular flexibility index (Phi) is 5.34. The van der Waals surface area contributed by atoms with Crippen molar-refractivity contribution in [3.8, 4) is 11.5 Å². The van der Waals surface area contributed by atoms with Gasteiger partial charge in [0.2, 0.25) is 0 Å². The van der Waals surface area contributed by atoms with E-state index in [1.54, 1.807) is 7.11 Å². The first-order valence-electron chi connectivity index (χ1n) is 7.49. The second-order valence-electron chi connectivity index (χ2n) is 5.12. The Bertz CT molecular complexity index is 840. The largest absolute Gasteiger partial charge is 0.493 e. The number of nitrogen functional groups attached to an aromatic ring is 1. The Morgan fingerprint density at radius 2 is 2.00 bits per heavy atom. The van der Waals surface area contributed by atoms with Gasteiger partial charge in [-0.2, -0.15) is 0 Å². The third-order valence-corrected chi connectivity index (χ3v) is 4.26. The normalized spacial score (nSPS) is 10.5. The van der Waals surface area contributed by atoms with E-state index in [2.05, 4.69) is 36.9 Å². The second-order valence-corrected chi connectivity index (χ2v) is 5.97. The molecule has 0 atom stereocenters. The minimum atomic E-state index is 0.172. The number of nitrogens with one attached hydrogen (secondary N) is 1. The van der Waals surface area contributed by atoms with Crippen molar-refractivity contribution < 1.29 is 9.47 Å². The van der Waals surface area contributed by atoms with Crippen LogP contribution in [-0.2, 0) is 13.2 Å². The summed E-state index contributed by atoms with van der Waals surface area (Å²) in [6.45, 7) is 0.810. The van der Waals surface area contributed by atoms with E-state index in [9.17, 15) is 0 Å². The van der Waals surface area contributed by atoms with Gasteiger partial charge in [-0.15, -0.1) is 4.79 Å². The highest BCUT2D eigenvalue weighted by Gasteiger charge is 2.15. The minimum Gasteiger partial charge on any atom is -0.493 e. The van der Waals surface area contributed by atoms with Gasteiger partial charge in [0.15, 0.2) is 11.5 Å². The van der Waals surface area contributed by atoms with Gasteiger partial charge >= 0.3 is 0 Å². The molecule has 0 fully saturated rings. The van der Waals surface area contributed by atoms with Crippen LogP contribution in [0.1, 0.15) is 11.1 Å². The molecule has 0 bridgehead atoms. The van der Waals surface area contributed by atoms with Crippen LogP contribution in [0.5, 0.6) is 11.5 Å². The number of methoxy groups -OCH3 is 1. The number of nitrogens with two attached hydrogens (primary N) is 1. The van der Waals surface area contributed by atoms with Crippen LogP contribution in [0.2, 0.25) is 0 Å². The summed E-state index contributed by atoms with van der Waals surface area (Å²) in [4.78, 5) is 1.30. The molecule has 2 aromatic carbocycles. The molecule has 0 saturated carbocycles. The molecule has 25 heavy (non-hydrogen) atoms. The Labute approximate surface area is 153 Å². The van der Waals surface area contributed by atoms with Crippen LogP contribution in [0.15, 0.2) is 46.9 Å². The number of hydrogen-bond acceptors (Lipinski definition) is 7. The van der Waals surface area contributed by atoms with E-state index < -0.39 is 0 Å². The molecule has 0 aliphatic heterocycles. The topological polar surface area (TPSA) is 100 Å². The van der Waals surface area contributed by atoms with Gasteiger partial charge in [0.05, 0.1) is 13.7 Å². The van der Waals surface area contributed by atoms with Gasteiger partial charge in [-0.1, -0.05) is 51.4 Å². The molecular formula is C16H17BrN6O2. The molecular weight excluding hydrogens is 388 g/mol. The Balaban J connectivity index is 1.83. The Hall–Kier alpha value is -2.81. The molecule has 0 aliphatic carbocycles. The smallest absolute Gasteiger partial charge is 0.260 e. The summed E-state index contributed by atoms with van der Waals surface area (Å²) in [5.74, 6) is 1.45. The number of benzene rings is 2. The summed E-state index contributed by atoms with van der Waals surface area (Å²) < 4.78 is 12.4. The summed E-state index contributed by atoms with van der Waals surface area (Å²) in [7, 11) is 1.61. The highest BCUT2D eigenvalue weighted by atomic mass is 79.9. The first kappa shape index (κ1) is 17.0. The van der Waals surface area contributed by atoms with E-state index >= 15 is 0 Å². The number of nitrogens with zero attached hydrogens (tertiary/aromatic N) is 4. The van der Waals surface area contributed by atoms with Crippen molar-refractivity contribution in [1.29, 1.82) is 0 Å². The Morgan fingerprint density at radius 3 is 2.68 bits per heavy atom. The third kappa shape index (κ3) is 4.00. The van der Waals surface area contributed by atoms with Gasteiger partial charge < -0.3 is 20.6 Å². The van der Waals surface area contributed by atoms with Crippen LogP contribution in [-0.4, -0.2) is 27.4 Å². The lowest BCUT2D eigenvalue weighted by Gasteiger charge is -2.17. The minimum absolute atomic E-state index is 0.172. The van der Waals surface area contributed by atoms with Crippen molar-refractivity contribution in [2.45, 2.75) is 13.2 Å². The maximum atomic E-state index is 6.04. The first-order valence-corrected chi connectivity index (χ1v) is 8.28. The molecule has 0 saturated heterocycles. The predicted octanol–water partition coefficient (Wildman–Crippen LogP) is 2.35. The van der Waals surface area contributed by atoms with E-state index in [1.165, 1.54) is 4.79 Å². The molecule has 1 heterocycles. The average molecular weight is 405 g/mol. The molecule has 0 amide bonds. The molecule has 3 rings (SSSR count). The van der Waals surface area contributed by atoms with Gasteiger partial charge in [-0.3, -0.25) is 0 Å². The van der Waals surface area contributed by atoms with Gasteiger partial charge in [0, 0.05) is 10.0 Å². The van der Waals surface area contributed by atoms with Gasteiger partial charge in [0.1, 0.15) is 6.61 Å². The van der Waals surface area contributed by atoms with Gasteiger partial charge in [-0.25, -0.2) is 0 Å². The molecule has 130 valence electrons. The zero-order valence-electron chi connectivity index (χ0n) is 13.5. The van der Waals surface area contributed by atoms with Crippen molar-refractivity contribution in [3.05, 3.63) is 58.1 Å². The molecule has 1 aromatic heterocycles. The summed E-state index contributed by atoms with van der Waals surface area (Å²) in [6.07, 6.45) is 0. The summed E-state index contributed by atoms with van der Waals surface area (Å²) in [5.41, 5.74) is 10.6. The molecule has 3 aromatic rings. The fraction of sp³-hybridized carbons (Fsp3) is 0.188. The lowest BCUT2D eigenvalue weighted by Crippen LogP contribution is -2.19. The number of ether oxygens (including phenoxy) is 2. The van der Waals surface area contributed by atoms with E-state index in [-0.39, 0.29) is 5.95 Å². The molecule has 9 heteroatoms. The summed E-state index contributed by atoms with van der Waals surface area (Å²) in [5, 5.41) is 10.9. The molecule has 8 nitrogen and oxygen atoms in total. The maximum Gasteiger partial charge on any atom is 0.260 e. The number of rotatable bonds is 7. The van der Waals surface area contributed by atoms with Crippen LogP contribution in [0, 0.1) is 0 Å². The van der Waals surface area contributed by atoms with Gasteiger partial charge in [-0.05, 0) is 28.1 Å². The van der Waals surface area contributed by atoms with E-state index in [4.69, 9.17) is 15.2 Å². The van der Waals surface area contributed by atoms with Crippen molar-refractivity contribution >= 4 is 21.9 Å². The van der Waals surface area contributed by atoms with Crippen molar-refractivity contribution in [2.75, 3.05) is 18.3 Å². The van der Waals surface area contributed by atoms with Crippen LogP contribution in [0.4, 0.5) is 5.95 Å². The number of tetrazole rings is 1. The lowest BCUT2D eigenvalue weighted by molar-refractivity contribution is 0.281. The highest BCUT2D eigenvalue weighted by Crippen LogP contribution is 2.37. The molecule has 0 unspecified atom stereocenters. The fourth-order valence-corrected chi connectivity index (χ4v) is 2.71. The number of hydrogen-bond donors (Lipinski definition) is 2. The number of aromatic nitrogens is 4.